The summed E-state index contributed by atoms with van der Waals surface area (Å²) in [5.41, 5.74) is 2.40. The number of benzene rings is 3. The Morgan fingerprint density at radius 1 is 0.529 bits per heavy atom. The maximum Gasteiger partial charge on any atom is 0.285 e. The molecular formula is C22H23N3O6S3. The van der Waals surface area contributed by atoms with Gasteiger partial charge in [0.25, 0.3) is 30.1 Å². The molecule has 0 bridgehead atoms. The van der Waals surface area contributed by atoms with Crippen molar-refractivity contribution < 1.29 is 25.3 Å². The highest BCUT2D eigenvalue weighted by atomic mass is 32.2. The molecule has 0 heterocycles. The summed E-state index contributed by atoms with van der Waals surface area (Å²) in [6.45, 7) is 5.29. The summed E-state index contributed by atoms with van der Waals surface area (Å²) in [5.74, 6) is -0.985. The second-order valence-corrected chi connectivity index (χ2v) is 12.5. The first-order valence-corrected chi connectivity index (χ1v) is 14.3. The van der Waals surface area contributed by atoms with Crippen LogP contribution in [-0.2, 0) is 30.1 Å². The van der Waals surface area contributed by atoms with E-state index in [1.54, 1.807) is 45.0 Å². The third-order valence-electron chi connectivity index (χ3n) is 4.65. The van der Waals surface area contributed by atoms with E-state index in [0.717, 1.165) is 16.7 Å². The standard InChI is InChI=1S/C22H23N3O6S3/c1-16-4-10-19(11-5-16)32(26,27)23-22(24-33(28,29)20-12-6-17(2)7-13-20)25-34(30,31)21-14-8-18(3)9-15-21/h4-15H,1-3H3,(H2,23,24,25). The molecule has 0 unspecified atom stereocenters. The van der Waals surface area contributed by atoms with Gasteiger partial charge in [0, 0.05) is 0 Å². The van der Waals surface area contributed by atoms with Gasteiger partial charge in [-0.05, 0) is 57.2 Å². The molecule has 0 aliphatic carbocycles. The van der Waals surface area contributed by atoms with Gasteiger partial charge >= 0.3 is 0 Å². The lowest BCUT2D eigenvalue weighted by atomic mass is 10.2. The molecule has 180 valence electrons. The topological polar surface area (TPSA) is 139 Å². The monoisotopic (exact) mass is 521 g/mol. The molecule has 3 rings (SSSR count). The van der Waals surface area contributed by atoms with E-state index < -0.39 is 36.0 Å². The van der Waals surface area contributed by atoms with E-state index in [-0.39, 0.29) is 14.7 Å². The highest BCUT2D eigenvalue weighted by Crippen LogP contribution is 2.16. The van der Waals surface area contributed by atoms with E-state index in [9.17, 15) is 25.3 Å². The zero-order valence-electron chi connectivity index (χ0n) is 18.5. The van der Waals surface area contributed by atoms with Gasteiger partial charge in [0.2, 0.25) is 5.96 Å². The van der Waals surface area contributed by atoms with Crippen LogP contribution < -0.4 is 9.44 Å². The van der Waals surface area contributed by atoms with Crippen LogP contribution >= 0.6 is 0 Å². The third-order valence-corrected chi connectivity index (χ3v) is 8.66. The summed E-state index contributed by atoms with van der Waals surface area (Å²) >= 11 is 0. The summed E-state index contributed by atoms with van der Waals surface area (Å²) in [5, 5.41) is 0. The zero-order valence-corrected chi connectivity index (χ0v) is 21.0. The number of sulfonamides is 3. The van der Waals surface area contributed by atoms with Crippen LogP contribution in [0.5, 0.6) is 0 Å². The lowest BCUT2D eigenvalue weighted by Crippen LogP contribution is -2.44. The van der Waals surface area contributed by atoms with Crippen LogP contribution in [-0.4, -0.2) is 31.2 Å². The van der Waals surface area contributed by atoms with Crippen molar-refractivity contribution in [1.82, 2.24) is 9.44 Å². The fourth-order valence-corrected chi connectivity index (χ4v) is 5.77. The van der Waals surface area contributed by atoms with Gasteiger partial charge in [0.15, 0.2) is 0 Å². The van der Waals surface area contributed by atoms with Crippen molar-refractivity contribution in [1.29, 1.82) is 0 Å². The molecule has 0 atom stereocenters. The van der Waals surface area contributed by atoms with E-state index in [1.807, 2.05) is 9.44 Å². The zero-order chi connectivity index (χ0) is 25.1. The highest BCUT2D eigenvalue weighted by Gasteiger charge is 2.24. The lowest BCUT2D eigenvalue weighted by Gasteiger charge is -2.14. The van der Waals surface area contributed by atoms with Gasteiger partial charge in [-0.2, -0.15) is 8.42 Å². The van der Waals surface area contributed by atoms with Gasteiger partial charge in [-0.1, -0.05) is 53.1 Å². The molecule has 3 aromatic rings. The number of nitrogens with zero attached hydrogens (tertiary/aromatic N) is 1. The maximum atomic E-state index is 12.9. The number of guanidine groups is 1. The molecular weight excluding hydrogens is 498 g/mol. The first kappa shape index (κ1) is 25.4. The Morgan fingerprint density at radius 2 is 0.824 bits per heavy atom. The van der Waals surface area contributed by atoms with E-state index in [4.69, 9.17) is 0 Å². The third kappa shape index (κ3) is 6.22. The van der Waals surface area contributed by atoms with Crippen molar-refractivity contribution in [3.05, 3.63) is 89.5 Å². The van der Waals surface area contributed by atoms with Crippen LogP contribution in [0.3, 0.4) is 0 Å². The van der Waals surface area contributed by atoms with Crippen molar-refractivity contribution in [2.24, 2.45) is 4.40 Å². The SMILES string of the molecule is Cc1ccc(S(=O)(=O)N=C(NS(=O)(=O)c2ccc(C)cc2)NS(=O)(=O)c2ccc(C)cc2)cc1. The van der Waals surface area contributed by atoms with Crippen LogP contribution in [0.2, 0.25) is 0 Å². The number of hydrogen-bond acceptors (Lipinski definition) is 6. The minimum absolute atomic E-state index is 0.201. The van der Waals surface area contributed by atoms with Crippen molar-refractivity contribution in [3.63, 3.8) is 0 Å². The van der Waals surface area contributed by atoms with Crippen LogP contribution in [0, 0.1) is 20.8 Å². The average Bonchev–Trinajstić information content (AvgIpc) is 2.73. The predicted molar refractivity (Wildman–Crippen MR) is 129 cm³/mol. The van der Waals surface area contributed by atoms with E-state index in [0.29, 0.717) is 0 Å². The quantitative estimate of drug-likeness (QED) is 0.378. The van der Waals surface area contributed by atoms with Gasteiger partial charge in [0.05, 0.1) is 14.7 Å². The Balaban J connectivity index is 2.07. The molecule has 0 fully saturated rings. The molecule has 0 saturated carbocycles. The minimum Gasteiger partial charge on any atom is -0.248 e. The molecule has 0 radical (unpaired) electrons. The minimum atomic E-state index is -4.46. The fraction of sp³-hybridized carbons (Fsp3) is 0.136. The molecule has 0 aliphatic heterocycles. The molecule has 9 nitrogen and oxygen atoms in total. The summed E-state index contributed by atoms with van der Waals surface area (Å²) in [6, 6.07) is 17.0. The molecule has 2 N–H and O–H groups in total. The number of rotatable bonds is 6. The van der Waals surface area contributed by atoms with Gasteiger partial charge in [-0.3, -0.25) is 0 Å². The van der Waals surface area contributed by atoms with Crippen molar-refractivity contribution >= 4 is 36.0 Å². The Kier molecular flexibility index (Phi) is 7.15. The van der Waals surface area contributed by atoms with Crippen molar-refractivity contribution in [2.45, 2.75) is 35.5 Å². The van der Waals surface area contributed by atoms with Gasteiger partial charge in [0.1, 0.15) is 0 Å². The smallest absolute Gasteiger partial charge is 0.248 e. The second kappa shape index (κ2) is 9.57. The van der Waals surface area contributed by atoms with Gasteiger partial charge in [-0.15, -0.1) is 4.40 Å². The molecule has 0 saturated heterocycles. The van der Waals surface area contributed by atoms with Crippen molar-refractivity contribution in [2.75, 3.05) is 0 Å². The summed E-state index contributed by atoms with van der Waals surface area (Å²) in [4.78, 5) is -0.638. The molecule has 0 aliphatic rings. The van der Waals surface area contributed by atoms with Crippen molar-refractivity contribution in [3.8, 4) is 0 Å². The number of nitrogens with one attached hydrogen (secondary N) is 2. The maximum absolute atomic E-state index is 12.9. The molecule has 12 heteroatoms. The van der Waals surface area contributed by atoms with Crippen LogP contribution in [0.1, 0.15) is 16.7 Å². The van der Waals surface area contributed by atoms with Crippen LogP contribution in [0.15, 0.2) is 91.9 Å². The Bertz CT molecular complexity index is 1450. The summed E-state index contributed by atoms with van der Waals surface area (Å²) < 4.78 is 84.5. The Labute approximate surface area is 199 Å². The molecule has 0 aromatic heterocycles. The summed E-state index contributed by atoms with van der Waals surface area (Å²) in [7, 11) is -13.2. The van der Waals surface area contributed by atoms with Crippen LogP contribution in [0.4, 0.5) is 0 Å². The van der Waals surface area contributed by atoms with Gasteiger partial charge < -0.3 is 0 Å². The number of hydrogen-bond donors (Lipinski definition) is 2. The molecule has 0 spiro atoms. The van der Waals surface area contributed by atoms with Gasteiger partial charge in [-0.25, -0.2) is 26.3 Å². The Hall–Kier alpha value is -3.22. The largest absolute Gasteiger partial charge is 0.285 e. The highest BCUT2D eigenvalue weighted by molar-refractivity contribution is 7.92. The molecule has 34 heavy (non-hydrogen) atoms. The van der Waals surface area contributed by atoms with E-state index in [1.165, 1.54) is 48.5 Å². The van der Waals surface area contributed by atoms with E-state index in [2.05, 4.69) is 4.40 Å². The lowest BCUT2D eigenvalue weighted by molar-refractivity contribution is 0.589. The summed E-state index contributed by atoms with van der Waals surface area (Å²) in [6.07, 6.45) is 0. The van der Waals surface area contributed by atoms with Crippen LogP contribution in [0.25, 0.3) is 0 Å². The molecule has 0 amide bonds. The predicted octanol–water partition coefficient (Wildman–Crippen LogP) is 2.61. The fourth-order valence-electron chi connectivity index (χ4n) is 2.75. The first-order chi connectivity index (χ1) is 15.8. The Morgan fingerprint density at radius 3 is 1.15 bits per heavy atom. The normalized spacial score (nSPS) is 12.1. The number of aryl methyl sites for hydroxylation is 3. The average molecular weight is 522 g/mol. The first-order valence-electron chi connectivity index (χ1n) is 9.89. The molecule has 3 aromatic carbocycles. The second-order valence-electron chi connectivity index (χ2n) is 7.57. The van der Waals surface area contributed by atoms with E-state index >= 15 is 0 Å².